The number of thiophene rings is 1. The minimum absolute atomic E-state index is 0.0271. The number of carbonyl (C=O) groups is 1. The van der Waals surface area contributed by atoms with Gasteiger partial charge >= 0.3 is 0 Å². The summed E-state index contributed by atoms with van der Waals surface area (Å²) in [6.45, 7) is 1.79. The summed E-state index contributed by atoms with van der Waals surface area (Å²) in [7, 11) is 3.13. The molecule has 0 fully saturated rings. The molecule has 0 unspecified atom stereocenters. The molecule has 0 saturated heterocycles. The maximum absolute atomic E-state index is 13.7. The summed E-state index contributed by atoms with van der Waals surface area (Å²) in [5.41, 5.74) is 5.62. The monoisotopic (exact) mass is 568 g/mol. The van der Waals surface area contributed by atoms with Crippen LogP contribution in [0.5, 0.6) is 11.5 Å². The number of amides is 1. The van der Waals surface area contributed by atoms with Crippen LogP contribution in [0.25, 0.3) is 15.9 Å². The normalized spacial score (nSPS) is 13.0. The molecule has 2 aromatic carbocycles. The van der Waals surface area contributed by atoms with E-state index < -0.39 is 0 Å². The summed E-state index contributed by atoms with van der Waals surface area (Å²) < 4.78 is 12.2. The number of ether oxygens (including phenoxy) is 2. The fraction of sp³-hybridized carbons (Fsp3) is 0.259. The van der Waals surface area contributed by atoms with Crippen molar-refractivity contribution in [2.45, 2.75) is 31.3 Å². The zero-order valence-corrected chi connectivity index (χ0v) is 23.4. The molecule has 0 bridgehead atoms. The predicted molar refractivity (Wildman–Crippen MR) is 153 cm³/mol. The minimum atomic E-state index is -0.319. The molecule has 1 aliphatic rings. The number of benzene rings is 2. The number of hydrazone groups is 1. The number of aromatic nitrogens is 2. The van der Waals surface area contributed by atoms with Crippen LogP contribution in [0.4, 0.5) is 0 Å². The summed E-state index contributed by atoms with van der Waals surface area (Å²) in [4.78, 5) is 33.2. The van der Waals surface area contributed by atoms with Crippen LogP contribution in [0.3, 0.4) is 0 Å². The van der Waals surface area contributed by atoms with Crippen LogP contribution >= 0.6 is 34.7 Å². The molecule has 5 rings (SSSR count). The third-order valence-electron chi connectivity index (χ3n) is 6.27. The number of halogens is 1. The maximum atomic E-state index is 13.7. The first-order chi connectivity index (χ1) is 18.4. The van der Waals surface area contributed by atoms with E-state index in [2.05, 4.69) is 10.5 Å². The Bertz CT molecular complexity index is 1610. The highest BCUT2D eigenvalue weighted by molar-refractivity contribution is 7.99. The van der Waals surface area contributed by atoms with Crippen LogP contribution in [-0.2, 0) is 17.6 Å². The van der Waals surface area contributed by atoms with Gasteiger partial charge in [-0.25, -0.2) is 10.4 Å². The average molecular weight is 569 g/mol. The first kappa shape index (κ1) is 26.3. The third kappa shape index (κ3) is 5.16. The molecule has 0 saturated carbocycles. The molecule has 1 aliphatic carbocycles. The number of rotatable bonds is 8. The minimum Gasteiger partial charge on any atom is -0.493 e. The lowest BCUT2D eigenvalue weighted by Crippen LogP contribution is -2.24. The molecule has 196 valence electrons. The van der Waals surface area contributed by atoms with E-state index in [0.717, 1.165) is 35.2 Å². The molecule has 11 heteroatoms. The van der Waals surface area contributed by atoms with E-state index >= 15 is 0 Å². The van der Waals surface area contributed by atoms with Gasteiger partial charge in [0, 0.05) is 15.5 Å². The van der Waals surface area contributed by atoms with Crippen molar-refractivity contribution < 1.29 is 14.3 Å². The van der Waals surface area contributed by atoms with Crippen molar-refractivity contribution in [2.75, 3.05) is 20.0 Å². The fourth-order valence-corrected chi connectivity index (χ4v) is 6.61. The summed E-state index contributed by atoms with van der Waals surface area (Å²) in [6, 6.07) is 12.4. The van der Waals surface area contributed by atoms with Gasteiger partial charge in [-0.15, -0.1) is 11.3 Å². The van der Waals surface area contributed by atoms with Crippen molar-refractivity contribution in [1.29, 1.82) is 0 Å². The second-order valence-corrected chi connectivity index (χ2v) is 11.1. The zero-order valence-electron chi connectivity index (χ0n) is 21.0. The number of fused-ring (bicyclic) bond motifs is 3. The lowest BCUT2D eigenvalue weighted by atomic mass is 10.1. The Balaban J connectivity index is 1.39. The van der Waals surface area contributed by atoms with Crippen LogP contribution in [0, 0.1) is 0 Å². The van der Waals surface area contributed by atoms with Crippen molar-refractivity contribution in [3.8, 4) is 17.2 Å². The first-order valence-corrected chi connectivity index (χ1v) is 14.1. The Kier molecular flexibility index (Phi) is 7.73. The van der Waals surface area contributed by atoms with Crippen LogP contribution in [0.2, 0.25) is 5.02 Å². The number of nitrogens with one attached hydrogen (secondary N) is 1. The second kappa shape index (κ2) is 11.2. The van der Waals surface area contributed by atoms with Crippen molar-refractivity contribution in [1.82, 2.24) is 15.0 Å². The molecule has 2 heterocycles. The molecule has 8 nitrogen and oxygen atoms in total. The van der Waals surface area contributed by atoms with Gasteiger partial charge in [0.15, 0.2) is 16.7 Å². The summed E-state index contributed by atoms with van der Waals surface area (Å²) >= 11 is 8.85. The van der Waals surface area contributed by atoms with Gasteiger partial charge in [0.2, 0.25) is 0 Å². The summed E-state index contributed by atoms with van der Waals surface area (Å²) in [5.74, 6) is 0.888. The zero-order chi connectivity index (χ0) is 26.8. The fourth-order valence-electron chi connectivity index (χ4n) is 4.37. The van der Waals surface area contributed by atoms with E-state index in [4.69, 9.17) is 26.1 Å². The van der Waals surface area contributed by atoms with Gasteiger partial charge in [0.25, 0.3) is 11.5 Å². The SMILES string of the molecule is COc1ccc(C(C)=NNC(=O)CSc2nc3sc4c(c3c(=O)n2-c2ccc(Cl)cc2)CCC4)cc1OC. The highest BCUT2D eigenvalue weighted by Crippen LogP contribution is 2.36. The lowest BCUT2D eigenvalue weighted by Gasteiger charge is -2.12. The molecule has 0 aliphatic heterocycles. The van der Waals surface area contributed by atoms with Crippen LogP contribution in [0.15, 0.2) is 57.5 Å². The summed E-state index contributed by atoms with van der Waals surface area (Å²) in [6.07, 6.45) is 2.91. The Labute approximate surface area is 232 Å². The van der Waals surface area contributed by atoms with Crippen molar-refractivity contribution in [2.24, 2.45) is 5.10 Å². The van der Waals surface area contributed by atoms with Gasteiger partial charge in [-0.1, -0.05) is 23.4 Å². The van der Waals surface area contributed by atoms with E-state index in [-0.39, 0.29) is 17.2 Å². The number of nitrogens with zero attached hydrogens (tertiary/aromatic N) is 3. The molecular weight excluding hydrogens is 544 g/mol. The Morgan fingerprint density at radius 3 is 2.66 bits per heavy atom. The molecule has 0 radical (unpaired) electrons. The van der Waals surface area contributed by atoms with Gasteiger partial charge in [0.05, 0.1) is 36.8 Å². The number of aryl methyl sites for hydroxylation is 2. The predicted octanol–water partition coefficient (Wildman–Crippen LogP) is 5.24. The summed E-state index contributed by atoms with van der Waals surface area (Å²) in [5, 5.41) is 5.93. The van der Waals surface area contributed by atoms with Crippen molar-refractivity contribution in [3.05, 3.63) is 73.8 Å². The molecule has 38 heavy (non-hydrogen) atoms. The maximum Gasteiger partial charge on any atom is 0.267 e. The van der Waals surface area contributed by atoms with Gasteiger partial charge < -0.3 is 9.47 Å². The largest absolute Gasteiger partial charge is 0.493 e. The van der Waals surface area contributed by atoms with E-state index in [1.165, 1.54) is 16.6 Å². The van der Waals surface area contributed by atoms with Crippen LogP contribution in [0.1, 0.15) is 29.3 Å². The highest BCUT2D eigenvalue weighted by atomic mass is 35.5. The second-order valence-electron chi connectivity index (χ2n) is 8.64. The number of hydrogen-bond acceptors (Lipinski definition) is 8. The standard InChI is InChI=1S/C27H25ClN4O4S2/c1-15(16-7-12-20(35-2)21(13-16)36-3)30-31-23(33)14-37-27-29-25-24(19-5-4-6-22(19)38-25)26(34)32(27)18-10-8-17(28)9-11-18/h7-13H,4-6,14H2,1-3H3,(H,31,33). The molecule has 2 aromatic heterocycles. The highest BCUT2D eigenvalue weighted by Gasteiger charge is 2.24. The van der Waals surface area contributed by atoms with Gasteiger partial charge in [-0.3, -0.25) is 14.2 Å². The van der Waals surface area contributed by atoms with Crippen molar-refractivity contribution >= 4 is 56.5 Å². The Hall–Kier alpha value is -3.34. The number of methoxy groups -OCH3 is 2. The van der Waals surface area contributed by atoms with Crippen LogP contribution in [-0.4, -0.2) is 41.1 Å². The van der Waals surface area contributed by atoms with E-state index in [1.807, 2.05) is 6.07 Å². The molecular formula is C27H25ClN4O4S2. The quantitative estimate of drug-likeness (QED) is 0.135. The third-order valence-corrected chi connectivity index (χ3v) is 8.65. The lowest BCUT2D eigenvalue weighted by molar-refractivity contribution is -0.118. The van der Waals surface area contributed by atoms with E-state index in [1.54, 1.807) is 73.4 Å². The van der Waals surface area contributed by atoms with E-state index in [0.29, 0.717) is 38.5 Å². The number of carbonyl (C=O) groups excluding carboxylic acids is 1. The topological polar surface area (TPSA) is 94.8 Å². The Morgan fingerprint density at radius 2 is 1.92 bits per heavy atom. The average Bonchev–Trinajstić information content (AvgIpc) is 3.52. The number of hydrogen-bond donors (Lipinski definition) is 1. The van der Waals surface area contributed by atoms with Gasteiger partial charge in [-0.05, 0) is 74.2 Å². The molecule has 0 spiro atoms. The molecule has 0 atom stereocenters. The van der Waals surface area contributed by atoms with E-state index in [9.17, 15) is 9.59 Å². The van der Waals surface area contributed by atoms with Crippen molar-refractivity contribution in [3.63, 3.8) is 0 Å². The molecule has 1 amide bonds. The van der Waals surface area contributed by atoms with Crippen LogP contribution < -0.4 is 20.5 Å². The smallest absolute Gasteiger partial charge is 0.267 e. The van der Waals surface area contributed by atoms with Gasteiger partial charge in [0.1, 0.15) is 4.83 Å². The first-order valence-electron chi connectivity index (χ1n) is 11.9. The Morgan fingerprint density at radius 1 is 1.16 bits per heavy atom. The molecule has 4 aromatic rings. The molecule has 1 N–H and O–H groups in total. The number of thioether (sulfide) groups is 1. The van der Waals surface area contributed by atoms with Gasteiger partial charge in [-0.2, -0.15) is 5.10 Å².